The van der Waals surface area contributed by atoms with E-state index in [-0.39, 0.29) is 16.9 Å². The van der Waals surface area contributed by atoms with Gasteiger partial charge in [-0.1, -0.05) is 12.1 Å². The summed E-state index contributed by atoms with van der Waals surface area (Å²) in [4.78, 5) is 34.1. The largest absolute Gasteiger partial charge is 0.451 e. The van der Waals surface area contributed by atoms with Crippen molar-refractivity contribution < 1.29 is 13.7 Å². The van der Waals surface area contributed by atoms with E-state index in [0.29, 0.717) is 15.1 Å². The number of nitrogens with zero attached hydrogens (tertiary/aromatic N) is 1. The molecule has 136 valence electrons. The number of nitrogens with one attached hydrogen (secondary N) is 1. The molecule has 0 aliphatic rings. The van der Waals surface area contributed by atoms with Crippen LogP contribution < -0.4 is 5.56 Å². The molecule has 8 heteroatoms. The Labute approximate surface area is 156 Å². The molecule has 0 radical (unpaired) electrons. The Kier molecular flexibility index (Phi) is 5.06. The maximum atomic E-state index is 12.5. The average molecular weight is 390 g/mol. The summed E-state index contributed by atoms with van der Waals surface area (Å²) in [5, 5.41) is 0.571. The van der Waals surface area contributed by atoms with Crippen molar-refractivity contribution in [2.45, 2.75) is 31.8 Å². The van der Waals surface area contributed by atoms with Crippen molar-refractivity contribution in [1.29, 1.82) is 0 Å². The van der Waals surface area contributed by atoms with Gasteiger partial charge in [-0.3, -0.25) is 9.00 Å². The maximum absolute atomic E-state index is 12.5. The molecule has 0 bridgehead atoms. The number of aromatic amines is 1. The standard InChI is InChI=1S/C18H18N2O4S2/c1-9-11(3)25-17-14(9)16(21)19-15(20-17)10(2)24-18(22)12-7-5-6-8-13(12)26(4)23/h5-8,10H,1-4H3,(H,19,20,21)/t10-,26-/m0/s1. The lowest BCUT2D eigenvalue weighted by molar-refractivity contribution is 0.0315. The topological polar surface area (TPSA) is 89.1 Å². The molecule has 0 unspecified atom stereocenters. The zero-order valence-corrected chi connectivity index (χ0v) is 16.4. The number of H-pyrrole nitrogens is 1. The summed E-state index contributed by atoms with van der Waals surface area (Å²) in [6.45, 7) is 5.46. The molecule has 0 fully saturated rings. The Morgan fingerprint density at radius 1 is 1.31 bits per heavy atom. The second kappa shape index (κ2) is 7.13. The Morgan fingerprint density at radius 2 is 2.00 bits per heavy atom. The van der Waals surface area contributed by atoms with Crippen LogP contribution in [0.4, 0.5) is 0 Å². The lowest BCUT2D eigenvalue weighted by Crippen LogP contribution is -2.18. The van der Waals surface area contributed by atoms with E-state index in [9.17, 15) is 13.8 Å². The molecule has 2 aromatic heterocycles. The molecular formula is C18H18N2O4S2. The molecule has 1 aromatic carbocycles. The molecule has 26 heavy (non-hydrogen) atoms. The predicted molar refractivity (Wildman–Crippen MR) is 102 cm³/mol. The first-order valence-electron chi connectivity index (χ1n) is 7.93. The van der Waals surface area contributed by atoms with Gasteiger partial charge in [0.05, 0.1) is 26.6 Å². The Bertz CT molecular complexity index is 1080. The Balaban J connectivity index is 1.92. The lowest BCUT2D eigenvalue weighted by atomic mass is 10.2. The number of carbonyl (C=O) groups is 1. The summed E-state index contributed by atoms with van der Waals surface area (Å²) in [7, 11) is -1.32. The van der Waals surface area contributed by atoms with E-state index in [1.54, 1.807) is 31.2 Å². The molecule has 0 spiro atoms. The second-order valence-electron chi connectivity index (χ2n) is 5.91. The highest BCUT2D eigenvalue weighted by Gasteiger charge is 2.21. The van der Waals surface area contributed by atoms with Gasteiger partial charge in [-0.25, -0.2) is 9.78 Å². The van der Waals surface area contributed by atoms with Crippen LogP contribution >= 0.6 is 11.3 Å². The van der Waals surface area contributed by atoms with Gasteiger partial charge < -0.3 is 9.72 Å². The van der Waals surface area contributed by atoms with Gasteiger partial charge >= 0.3 is 5.97 Å². The van der Waals surface area contributed by atoms with E-state index in [0.717, 1.165) is 10.4 Å². The summed E-state index contributed by atoms with van der Waals surface area (Å²) in [5.41, 5.74) is 0.908. The first-order chi connectivity index (χ1) is 12.3. The van der Waals surface area contributed by atoms with E-state index < -0.39 is 22.9 Å². The number of fused-ring (bicyclic) bond motifs is 1. The Hall–Kier alpha value is -2.32. The molecule has 0 aliphatic carbocycles. The van der Waals surface area contributed by atoms with Gasteiger partial charge in [-0.05, 0) is 38.5 Å². The van der Waals surface area contributed by atoms with E-state index in [2.05, 4.69) is 9.97 Å². The van der Waals surface area contributed by atoms with Gasteiger partial charge in [0, 0.05) is 11.1 Å². The third-order valence-electron chi connectivity index (χ3n) is 4.14. The van der Waals surface area contributed by atoms with Crippen LogP contribution in [0.1, 0.15) is 39.7 Å². The van der Waals surface area contributed by atoms with Crippen molar-refractivity contribution in [2.75, 3.05) is 6.26 Å². The summed E-state index contributed by atoms with van der Waals surface area (Å²) >= 11 is 1.43. The smallest absolute Gasteiger partial charge is 0.340 e. The zero-order chi connectivity index (χ0) is 19.0. The molecule has 3 rings (SSSR count). The predicted octanol–water partition coefficient (Wildman–Crippen LogP) is 3.26. The van der Waals surface area contributed by atoms with E-state index >= 15 is 0 Å². The highest BCUT2D eigenvalue weighted by Crippen LogP contribution is 2.27. The van der Waals surface area contributed by atoms with Crippen molar-refractivity contribution in [3.8, 4) is 0 Å². The first-order valence-corrected chi connectivity index (χ1v) is 10.3. The SMILES string of the molecule is Cc1sc2nc([C@H](C)OC(=O)c3ccccc3[S@](C)=O)[nH]c(=O)c2c1C. The van der Waals surface area contributed by atoms with Crippen molar-refractivity contribution in [1.82, 2.24) is 9.97 Å². The number of benzene rings is 1. The van der Waals surface area contributed by atoms with Gasteiger partial charge in [-0.2, -0.15) is 0 Å². The fraction of sp³-hybridized carbons (Fsp3) is 0.278. The maximum Gasteiger partial charge on any atom is 0.340 e. The number of thiophene rings is 1. The summed E-state index contributed by atoms with van der Waals surface area (Å²) in [6.07, 6.45) is 0.755. The molecule has 2 atom stereocenters. The number of rotatable bonds is 4. The molecular weight excluding hydrogens is 372 g/mol. The molecule has 3 aromatic rings. The van der Waals surface area contributed by atoms with Crippen LogP contribution in [0.25, 0.3) is 10.2 Å². The highest BCUT2D eigenvalue weighted by atomic mass is 32.2. The van der Waals surface area contributed by atoms with Gasteiger partial charge in [-0.15, -0.1) is 11.3 Å². The van der Waals surface area contributed by atoms with Crippen LogP contribution in [0.2, 0.25) is 0 Å². The average Bonchev–Trinajstić information content (AvgIpc) is 2.89. The van der Waals surface area contributed by atoms with E-state index in [1.807, 2.05) is 13.8 Å². The summed E-state index contributed by atoms with van der Waals surface area (Å²) in [6, 6.07) is 6.59. The van der Waals surface area contributed by atoms with Crippen molar-refractivity contribution in [3.05, 3.63) is 56.4 Å². The fourth-order valence-electron chi connectivity index (χ4n) is 2.63. The molecule has 0 saturated heterocycles. The number of esters is 1. The first kappa shape index (κ1) is 18.5. The van der Waals surface area contributed by atoms with Crippen LogP contribution in [0.3, 0.4) is 0 Å². The molecule has 0 saturated carbocycles. The minimum absolute atomic E-state index is 0.242. The minimum Gasteiger partial charge on any atom is -0.451 e. The van der Waals surface area contributed by atoms with Crippen LogP contribution in [0.15, 0.2) is 34.0 Å². The van der Waals surface area contributed by atoms with E-state index in [1.165, 1.54) is 17.6 Å². The lowest BCUT2D eigenvalue weighted by Gasteiger charge is -2.14. The normalized spacial score (nSPS) is 13.5. The quantitative estimate of drug-likeness (QED) is 0.691. The van der Waals surface area contributed by atoms with Gasteiger partial charge in [0.25, 0.3) is 5.56 Å². The summed E-state index contributed by atoms with van der Waals surface area (Å²) in [5.74, 6) is -0.322. The number of aryl methyl sites for hydroxylation is 2. The minimum atomic E-state index is -1.32. The van der Waals surface area contributed by atoms with Crippen molar-refractivity contribution in [2.24, 2.45) is 0 Å². The van der Waals surface area contributed by atoms with Crippen LogP contribution in [0.5, 0.6) is 0 Å². The van der Waals surface area contributed by atoms with Crippen LogP contribution in [-0.4, -0.2) is 26.4 Å². The number of carbonyl (C=O) groups excluding carboxylic acids is 1. The van der Waals surface area contributed by atoms with Crippen LogP contribution in [0, 0.1) is 13.8 Å². The van der Waals surface area contributed by atoms with Gasteiger partial charge in [0.1, 0.15) is 4.83 Å². The van der Waals surface area contributed by atoms with Gasteiger partial charge in [0.2, 0.25) is 0 Å². The summed E-state index contributed by atoms with van der Waals surface area (Å²) < 4.78 is 17.2. The third kappa shape index (κ3) is 3.34. The molecule has 0 amide bonds. The number of aromatic nitrogens is 2. The van der Waals surface area contributed by atoms with Crippen LogP contribution in [-0.2, 0) is 15.5 Å². The molecule has 6 nitrogen and oxygen atoms in total. The molecule has 1 N–H and O–H groups in total. The van der Waals surface area contributed by atoms with E-state index in [4.69, 9.17) is 4.74 Å². The third-order valence-corrected chi connectivity index (χ3v) is 6.22. The zero-order valence-electron chi connectivity index (χ0n) is 14.8. The van der Waals surface area contributed by atoms with Gasteiger partial charge in [0.15, 0.2) is 11.9 Å². The monoisotopic (exact) mass is 390 g/mol. The highest BCUT2D eigenvalue weighted by molar-refractivity contribution is 7.84. The number of hydrogen-bond donors (Lipinski definition) is 1. The fourth-order valence-corrected chi connectivity index (χ4v) is 4.40. The Morgan fingerprint density at radius 3 is 2.69 bits per heavy atom. The van der Waals surface area contributed by atoms with Crippen molar-refractivity contribution >= 4 is 38.3 Å². The molecule has 2 heterocycles. The number of ether oxygens (including phenoxy) is 1. The second-order valence-corrected chi connectivity index (χ2v) is 8.46. The van der Waals surface area contributed by atoms with Crippen molar-refractivity contribution in [3.63, 3.8) is 0 Å². The molecule has 0 aliphatic heterocycles. The number of hydrogen-bond acceptors (Lipinski definition) is 6.